The summed E-state index contributed by atoms with van der Waals surface area (Å²) in [6.07, 6.45) is 2.58. The third-order valence-electron chi connectivity index (χ3n) is 3.64. The third kappa shape index (κ3) is 2.89. The van der Waals surface area contributed by atoms with E-state index in [1.807, 2.05) is 0 Å². The van der Waals surface area contributed by atoms with Gasteiger partial charge in [-0.3, -0.25) is 0 Å². The molecule has 124 valence electrons. The van der Waals surface area contributed by atoms with Gasteiger partial charge in [-0.2, -0.15) is 0 Å². The van der Waals surface area contributed by atoms with Crippen molar-refractivity contribution in [3.8, 4) is 5.75 Å². The molecule has 3 aromatic rings. The second-order valence-corrected chi connectivity index (χ2v) is 7.05. The van der Waals surface area contributed by atoms with Crippen LogP contribution < -0.4 is 10.2 Å². The first-order valence-electron chi connectivity index (χ1n) is 7.11. The smallest absolute Gasteiger partial charge is 0.490 e. The van der Waals surface area contributed by atoms with Crippen LogP contribution in [0.25, 0.3) is 11.0 Å². The van der Waals surface area contributed by atoms with E-state index >= 15 is 0 Å². The molecule has 0 unspecified atom stereocenters. The van der Waals surface area contributed by atoms with Gasteiger partial charge in [-0.15, -0.1) is 0 Å². The molecule has 0 saturated carbocycles. The first kappa shape index (κ1) is 16.5. The summed E-state index contributed by atoms with van der Waals surface area (Å²) in [5.74, 6) is 0.0778. The van der Waals surface area contributed by atoms with Gasteiger partial charge < -0.3 is 14.8 Å². The molecule has 3 rings (SSSR count). The zero-order valence-electron chi connectivity index (χ0n) is 12.8. The van der Waals surface area contributed by atoms with Crippen LogP contribution in [0.5, 0.6) is 5.75 Å². The Bertz CT molecular complexity index is 970. The maximum Gasteiger partial charge on any atom is 0.490 e. The van der Waals surface area contributed by atoms with Crippen molar-refractivity contribution in [2.75, 3.05) is 7.11 Å². The first-order valence-corrected chi connectivity index (χ1v) is 8.72. The summed E-state index contributed by atoms with van der Waals surface area (Å²) >= 11 is 0. The van der Waals surface area contributed by atoms with E-state index in [9.17, 15) is 18.5 Å². The van der Waals surface area contributed by atoms with Crippen LogP contribution in [0.15, 0.2) is 48.8 Å². The number of hydrogen-bond acceptors (Lipinski definition) is 6. The maximum absolute atomic E-state index is 12.8. The summed E-state index contributed by atoms with van der Waals surface area (Å²) in [7, 11) is -4.23. The van der Waals surface area contributed by atoms with E-state index in [1.165, 1.54) is 25.6 Å². The Balaban J connectivity index is 2.19. The van der Waals surface area contributed by atoms with E-state index in [0.717, 1.165) is 3.97 Å². The largest absolute Gasteiger partial charge is 0.496 e. The standard InChI is InChI=1S/C15H15BN2O5S/c1-23-13-7-8-17-15-14(13)12(16(19)20)9-18(15)24(21,22)10-11-5-3-2-4-6-11/h2-9,19-20H,10H2,1H3. The molecule has 2 aromatic heterocycles. The lowest BCUT2D eigenvalue weighted by Gasteiger charge is -2.07. The summed E-state index contributed by atoms with van der Waals surface area (Å²) < 4.78 is 31.7. The number of benzene rings is 1. The Morgan fingerprint density at radius 3 is 2.54 bits per heavy atom. The van der Waals surface area contributed by atoms with Crippen molar-refractivity contribution in [2.45, 2.75) is 5.75 Å². The summed E-state index contributed by atoms with van der Waals surface area (Å²) in [4.78, 5) is 4.08. The number of hydrogen-bond donors (Lipinski definition) is 2. The Morgan fingerprint density at radius 1 is 1.21 bits per heavy atom. The first-order chi connectivity index (χ1) is 11.4. The van der Waals surface area contributed by atoms with E-state index in [2.05, 4.69) is 4.98 Å². The minimum absolute atomic E-state index is 0.0200. The van der Waals surface area contributed by atoms with Gasteiger partial charge in [-0.05, 0) is 11.6 Å². The van der Waals surface area contributed by atoms with E-state index in [4.69, 9.17) is 4.74 Å². The highest BCUT2D eigenvalue weighted by atomic mass is 32.2. The van der Waals surface area contributed by atoms with E-state index in [1.54, 1.807) is 30.3 Å². The lowest BCUT2D eigenvalue weighted by molar-refractivity contribution is 0.417. The summed E-state index contributed by atoms with van der Waals surface area (Å²) in [6.45, 7) is 0. The van der Waals surface area contributed by atoms with Gasteiger partial charge in [0.2, 0.25) is 10.0 Å². The van der Waals surface area contributed by atoms with Crippen LogP contribution in [-0.4, -0.2) is 41.7 Å². The summed E-state index contributed by atoms with van der Waals surface area (Å²) in [5.41, 5.74) is 0.730. The van der Waals surface area contributed by atoms with Crippen LogP contribution in [0, 0.1) is 0 Å². The van der Waals surface area contributed by atoms with E-state index in [-0.39, 0.29) is 22.2 Å². The molecule has 1 aromatic carbocycles. The van der Waals surface area contributed by atoms with Gasteiger partial charge in [0.1, 0.15) is 5.75 Å². The topological polar surface area (TPSA) is 102 Å². The zero-order chi connectivity index (χ0) is 17.3. The highest BCUT2D eigenvalue weighted by Crippen LogP contribution is 2.25. The van der Waals surface area contributed by atoms with Crippen molar-refractivity contribution in [3.63, 3.8) is 0 Å². The highest BCUT2D eigenvalue weighted by Gasteiger charge is 2.27. The van der Waals surface area contributed by atoms with Crippen LogP contribution in [-0.2, 0) is 15.8 Å². The maximum atomic E-state index is 12.8. The number of fused-ring (bicyclic) bond motifs is 1. The predicted octanol–water partition coefficient (Wildman–Crippen LogP) is 0.103. The van der Waals surface area contributed by atoms with Crippen LogP contribution in [0.1, 0.15) is 5.56 Å². The Hall–Kier alpha value is -2.36. The Labute approximate surface area is 139 Å². The average molecular weight is 346 g/mol. The number of pyridine rings is 1. The van der Waals surface area contributed by atoms with Crippen molar-refractivity contribution in [2.24, 2.45) is 0 Å². The third-order valence-corrected chi connectivity index (χ3v) is 5.21. The molecular weight excluding hydrogens is 331 g/mol. The summed E-state index contributed by atoms with van der Waals surface area (Å²) in [5, 5.41) is 19.4. The van der Waals surface area contributed by atoms with Gasteiger partial charge in [-0.1, -0.05) is 30.3 Å². The van der Waals surface area contributed by atoms with Gasteiger partial charge in [0.15, 0.2) is 5.65 Å². The van der Waals surface area contributed by atoms with Gasteiger partial charge in [-0.25, -0.2) is 17.4 Å². The van der Waals surface area contributed by atoms with Crippen LogP contribution in [0.2, 0.25) is 0 Å². The second kappa shape index (κ2) is 6.27. The number of aromatic nitrogens is 2. The quantitative estimate of drug-likeness (QED) is 0.636. The average Bonchev–Trinajstić information content (AvgIpc) is 2.96. The molecule has 0 radical (unpaired) electrons. The SMILES string of the molecule is COc1ccnc2c1c(B(O)O)cn2S(=O)(=O)Cc1ccccc1. The monoisotopic (exact) mass is 346 g/mol. The van der Waals surface area contributed by atoms with Crippen LogP contribution in [0.4, 0.5) is 0 Å². The number of methoxy groups -OCH3 is 1. The lowest BCUT2D eigenvalue weighted by Crippen LogP contribution is -2.29. The van der Waals surface area contributed by atoms with Gasteiger partial charge in [0, 0.05) is 17.9 Å². The second-order valence-electron chi connectivity index (χ2n) is 5.21. The zero-order valence-corrected chi connectivity index (χ0v) is 13.6. The number of rotatable bonds is 5. The fraction of sp³-hybridized carbons (Fsp3) is 0.133. The molecule has 0 aliphatic rings. The van der Waals surface area contributed by atoms with Crippen molar-refractivity contribution in [3.05, 3.63) is 54.4 Å². The molecule has 0 saturated heterocycles. The Morgan fingerprint density at radius 2 is 1.92 bits per heavy atom. The van der Waals surface area contributed by atoms with Gasteiger partial charge >= 0.3 is 7.12 Å². The molecule has 2 N–H and O–H groups in total. The molecule has 7 nitrogen and oxygen atoms in total. The lowest BCUT2D eigenvalue weighted by atomic mass is 9.80. The molecule has 0 spiro atoms. The number of nitrogens with zero attached hydrogens (tertiary/aromatic N) is 2. The highest BCUT2D eigenvalue weighted by molar-refractivity contribution is 7.89. The minimum atomic E-state index is -3.80. The fourth-order valence-corrected chi connectivity index (χ4v) is 3.99. The molecule has 2 heterocycles. The Kier molecular flexibility index (Phi) is 4.31. The summed E-state index contributed by atoms with van der Waals surface area (Å²) in [6, 6.07) is 10.2. The van der Waals surface area contributed by atoms with Gasteiger partial charge in [0.05, 0.1) is 18.2 Å². The minimum Gasteiger partial charge on any atom is -0.496 e. The van der Waals surface area contributed by atoms with Crippen molar-refractivity contribution in [1.29, 1.82) is 0 Å². The molecule has 0 atom stereocenters. The molecular formula is C15H15BN2O5S. The molecule has 9 heteroatoms. The van der Waals surface area contributed by atoms with E-state index < -0.39 is 17.1 Å². The normalized spacial score (nSPS) is 11.6. The van der Waals surface area contributed by atoms with Crippen molar-refractivity contribution >= 4 is 33.6 Å². The van der Waals surface area contributed by atoms with Crippen molar-refractivity contribution < 1.29 is 23.2 Å². The molecule has 0 aliphatic heterocycles. The van der Waals surface area contributed by atoms with Crippen LogP contribution >= 0.6 is 0 Å². The fourth-order valence-electron chi connectivity index (χ4n) is 2.56. The van der Waals surface area contributed by atoms with Crippen molar-refractivity contribution in [1.82, 2.24) is 8.96 Å². The van der Waals surface area contributed by atoms with E-state index in [0.29, 0.717) is 11.3 Å². The molecule has 0 bridgehead atoms. The van der Waals surface area contributed by atoms with Crippen LogP contribution in [0.3, 0.4) is 0 Å². The van der Waals surface area contributed by atoms with Gasteiger partial charge in [0.25, 0.3) is 0 Å². The molecule has 0 amide bonds. The number of ether oxygens (including phenoxy) is 1. The molecule has 24 heavy (non-hydrogen) atoms. The predicted molar refractivity (Wildman–Crippen MR) is 90.6 cm³/mol. The molecule has 0 aliphatic carbocycles. The molecule has 0 fully saturated rings.